The molecule has 0 aromatic heterocycles. The molecule has 0 heterocycles. The molecule has 1 N–H and O–H groups in total. The SMILES string of the molecule is COc1ccc(F)cc1C(=O)NC(COCc1ccccc1)C(=O)Cc1ccc(Oc2ccccc2)cc1. The zero-order valence-electron chi connectivity index (χ0n) is 20.9. The van der Waals surface area contributed by atoms with Gasteiger partial charge in [-0.25, -0.2) is 4.39 Å². The maximum absolute atomic E-state index is 13.9. The van der Waals surface area contributed by atoms with Crippen molar-refractivity contribution in [3.05, 3.63) is 126 Å². The van der Waals surface area contributed by atoms with Crippen LogP contribution in [0.1, 0.15) is 21.5 Å². The number of hydrogen-bond donors (Lipinski definition) is 1. The summed E-state index contributed by atoms with van der Waals surface area (Å²) in [7, 11) is 1.39. The number of carbonyl (C=O) groups excluding carboxylic acids is 2. The zero-order valence-corrected chi connectivity index (χ0v) is 20.9. The molecule has 0 aliphatic rings. The molecule has 1 unspecified atom stereocenters. The number of para-hydroxylation sites is 1. The van der Waals surface area contributed by atoms with Crippen LogP contribution in [0.25, 0.3) is 0 Å². The van der Waals surface area contributed by atoms with Gasteiger partial charge in [0.05, 0.1) is 25.9 Å². The molecule has 0 radical (unpaired) electrons. The summed E-state index contributed by atoms with van der Waals surface area (Å²) >= 11 is 0. The average Bonchev–Trinajstić information content (AvgIpc) is 2.94. The van der Waals surface area contributed by atoms with E-state index in [-0.39, 0.29) is 36.7 Å². The number of nitrogens with one attached hydrogen (secondary N) is 1. The molecule has 4 aromatic rings. The molecule has 7 heteroatoms. The molecule has 1 amide bonds. The van der Waals surface area contributed by atoms with Gasteiger partial charge >= 0.3 is 0 Å². The van der Waals surface area contributed by atoms with E-state index in [1.807, 2.05) is 60.7 Å². The van der Waals surface area contributed by atoms with E-state index in [1.54, 1.807) is 24.3 Å². The highest BCUT2D eigenvalue weighted by Gasteiger charge is 2.24. The van der Waals surface area contributed by atoms with Crippen LogP contribution < -0.4 is 14.8 Å². The topological polar surface area (TPSA) is 73.9 Å². The van der Waals surface area contributed by atoms with Gasteiger partial charge in [0, 0.05) is 6.42 Å². The maximum atomic E-state index is 13.9. The van der Waals surface area contributed by atoms with Crippen molar-refractivity contribution < 1.29 is 28.2 Å². The number of ether oxygens (including phenoxy) is 3. The molecule has 0 spiro atoms. The van der Waals surface area contributed by atoms with E-state index in [0.29, 0.717) is 11.5 Å². The predicted molar refractivity (Wildman–Crippen MR) is 142 cm³/mol. The van der Waals surface area contributed by atoms with Gasteiger partial charge in [0.15, 0.2) is 5.78 Å². The van der Waals surface area contributed by atoms with E-state index in [2.05, 4.69) is 5.32 Å². The number of carbonyl (C=O) groups is 2. The minimum Gasteiger partial charge on any atom is -0.496 e. The second-order valence-corrected chi connectivity index (χ2v) is 8.57. The summed E-state index contributed by atoms with van der Waals surface area (Å²) in [6.45, 7) is 0.224. The number of methoxy groups -OCH3 is 1. The second-order valence-electron chi connectivity index (χ2n) is 8.57. The summed E-state index contributed by atoms with van der Waals surface area (Å²) in [6.07, 6.45) is 0.0611. The second kappa shape index (κ2) is 13.2. The van der Waals surface area contributed by atoms with Gasteiger partial charge in [0.1, 0.15) is 29.1 Å². The first-order valence-corrected chi connectivity index (χ1v) is 12.1. The molecule has 1 atom stereocenters. The number of Topliss-reactive ketones (excluding diaryl/α,β-unsaturated/α-hetero) is 1. The van der Waals surface area contributed by atoms with Gasteiger partial charge in [-0.2, -0.15) is 0 Å². The monoisotopic (exact) mass is 513 g/mol. The molecule has 0 aliphatic carbocycles. The Morgan fingerprint density at radius 1 is 0.816 bits per heavy atom. The Labute approximate surface area is 221 Å². The van der Waals surface area contributed by atoms with Crippen molar-refractivity contribution in [2.75, 3.05) is 13.7 Å². The smallest absolute Gasteiger partial charge is 0.255 e. The molecule has 6 nitrogen and oxygen atoms in total. The van der Waals surface area contributed by atoms with Crippen molar-refractivity contribution in [2.24, 2.45) is 0 Å². The molecule has 4 rings (SSSR count). The van der Waals surface area contributed by atoms with Crippen molar-refractivity contribution in [1.82, 2.24) is 5.32 Å². The standard InChI is InChI=1S/C31H28FNO5/c1-36-30-17-14-24(32)19-27(30)31(35)33-28(21-37-20-23-8-4-2-5-9-23)29(34)18-22-12-15-26(16-13-22)38-25-10-6-3-7-11-25/h2-17,19,28H,18,20-21H2,1H3,(H,33,35). The predicted octanol–water partition coefficient (Wildman–Crippen LogP) is 5.75. The van der Waals surface area contributed by atoms with Crippen LogP contribution in [-0.4, -0.2) is 31.4 Å². The van der Waals surface area contributed by atoms with E-state index in [4.69, 9.17) is 14.2 Å². The van der Waals surface area contributed by atoms with Crippen molar-refractivity contribution in [3.8, 4) is 17.2 Å². The number of rotatable bonds is 12. The van der Waals surface area contributed by atoms with E-state index < -0.39 is 17.8 Å². The summed E-state index contributed by atoms with van der Waals surface area (Å²) < 4.78 is 30.6. The van der Waals surface area contributed by atoms with E-state index in [1.165, 1.54) is 19.2 Å². The molecule has 4 aromatic carbocycles. The van der Waals surface area contributed by atoms with Crippen molar-refractivity contribution in [1.29, 1.82) is 0 Å². The lowest BCUT2D eigenvalue weighted by Gasteiger charge is -2.19. The Morgan fingerprint density at radius 2 is 1.47 bits per heavy atom. The maximum Gasteiger partial charge on any atom is 0.255 e. The van der Waals surface area contributed by atoms with Gasteiger partial charge in [-0.1, -0.05) is 60.7 Å². The summed E-state index contributed by atoms with van der Waals surface area (Å²) in [5.74, 6) is 0.0866. The van der Waals surface area contributed by atoms with Gasteiger partial charge in [0.2, 0.25) is 0 Å². The number of ketones is 1. The normalized spacial score (nSPS) is 11.4. The van der Waals surface area contributed by atoms with Crippen LogP contribution in [0.15, 0.2) is 103 Å². The quantitative estimate of drug-likeness (QED) is 0.261. The van der Waals surface area contributed by atoms with Gasteiger partial charge < -0.3 is 19.5 Å². The van der Waals surface area contributed by atoms with Crippen LogP contribution >= 0.6 is 0 Å². The third-order valence-corrected chi connectivity index (χ3v) is 5.78. The Hall–Kier alpha value is -4.49. The number of halogens is 1. The molecule has 0 aliphatic heterocycles. The van der Waals surface area contributed by atoms with Gasteiger partial charge in [-0.3, -0.25) is 9.59 Å². The Bertz CT molecular complexity index is 1340. The average molecular weight is 514 g/mol. The molecule has 0 fully saturated rings. The highest BCUT2D eigenvalue weighted by Crippen LogP contribution is 2.22. The largest absolute Gasteiger partial charge is 0.496 e. The minimum absolute atomic E-state index is 0.00391. The van der Waals surface area contributed by atoms with E-state index >= 15 is 0 Å². The Morgan fingerprint density at radius 3 is 2.16 bits per heavy atom. The number of amides is 1. The first-order valence-electron chi connectivity index (χ1n) is 12.1. The third-order valence-electron chi connectivity index (χ3n) is 5.78. The van der Waals surface area contributed by atoms with Crippen LogP contribution in [0.4, 0.5) is 4.39 Å². The molecular weight excluding hydrogens is 485 g/mol. The van der Waals surface area contributed by atoms with E-state index in [9.17, 15) is 14.0 Å². The van der Waals surface area contributed by atoms with Crippen LogP contribution in [0.3, 0.4) is 0 Å². The Balaban J connectivity index is 1.45. The first-order chi connectivity index (χ1) is 18.5. The third kappa shape index (κ3) is 7.51. The fraction of sp³-hybridized carbons (Fsp3) is 0.161. The Kier molecular flexibility index (Phi) is 9.21. The summed E-state index contributed by atoms with van der Waals surface area (Å²) in [4.78, 5) is 26.3. The highest BCUT2D eigenvalue weighted by molar-refractivity contribution is 6.00. The number of hydrogen-bond acceptors (Lipinski definition) is 5. The molecule has 0 saturated carbocycles. The lowest BCUT2D eigenvalue weighted by Crippen LogP contribution is -2.45. The van der Waals surface area contributed by atoms with Crippen LogP contribution in [0.5, 0.6) is 17.2 Å². The van der Waals surface area contributed by atoms with Crippen LogP contribution in [-0.2, 0) is 22.6 Å². The first kappa shape index (κ1) is 26.6. The van der Waals surface area contributed by atoms with Gasteiger partial charge in [-0.15, -0.1) is 0 Å². The fourth-order valence-corrected chi connectivity index (χ4v) is 3.80. The lowest BCUT2D eigenvalue weighted by molar-refractivity contribution is -0.121. The highest BCUT2D eigenvalue weighted by atomic mass is 19.1. The fourth-order valence-electron chi connectivity index (χ4n) is 3.80. The van der Waals surface area contributed by atoms with E-state index in [0.717, 1.165) is 17.2 Å². The summed E-state index contributed by atoms with van der Waals surface area (Å²) in [5, 5.41) is 2.70. The molecule has 38 heavy (non-hydrogen) atoms. The number of benzene rings is 4. The van der Waals surface area contributed by atoms with Gasteiger partial charge in [0.25, 0.3) is 5.91 Å². The minimum atomic E-state index is -0.959. The van der Waals surface area contributed by atoms with Crippen molar-refractivity contribution >= 4 is 11.7 Å². The molecule has 194 valence electrons. The lowest BCUT2D eigenvalue weighted by atomic mass is 10.0. The van der Waals surface area contributed by atoms with Crippen molar-refractivity contribution in [2.45, 2.75) is 19.1 Å². The molecular formula is C31H28FNO5. The van der Waals surface area contributed by atoms with Crippen LogP contribution in [0, 0.1) is 5.82 Å². The zero-order chi connectivity index (χ0) is 26.7. The van der Waals surface area contributed by atoms with Crippen molar-refractivity contribution in [3.63, 3.8) is 0 Å². The molecule has 0 saturated heterocycles. The molecule has 0 bridgehead atoms. The van der Waals surface area contributed by atoms with Crippen LogP contribution in [0.2, 0.25) is 0 Å². The summed E-state index contributed by atoms with van der Waals surface area (Å²) in [6, 6.07) is 28.7. The van der Waals surface area contributed by atoms with Gasteiger partial charge in [-0.05, 0) is 53.6 Å². The summed E-state index contributed by atoms with van der Waals surface area (Å²) in [5.41, 5.74) is 1.68.